The molecule has 1 heterocycles. The normalized spacial score (nSPS) is 19.2. The van der Waals surface area contributed by atoms with Crippen LogP contribution < -0.4 is 5.73 Å². The summed E-state index contributed by atoms with van der Waals surface area (Å²) >= 11 is 0. The van der Waals surface area contributed by atoms with Gasteiger partial charge in [0.25, 0.3) is 0 Å². The summed E-state index contributed by atoms with van der Waals surface area (Å²) in [4.78, 5) is 14.9. The van der Waals surface area contributed by atoms with Gasteiger partial charge in [0, 0.05) is 24.7 Å². The Balaban J connectivity index is 1.97. The first kappa shape index (κ1) is 16.9. The van der Waals surface area contributed by atoms with Gasteiger partial charge in [-0.1, -0.05) is 44.9 Å². The molecule has 22 heavy (non-hydrogen) atoms. The smallest absolute Gasteiger partial charge is 0.223 e. The monoisotopic (exact) mass is 302 g/mol. The Labute approximate surface area is 134 Å². The summed E-state index contributed by atoms with van der Waals surface area (Å²) in [5.41, 5.74) is 7.86. The first-order valence-corrected chi connectivity index (χ1v) is 8.70. The van der Waals surface area contributed by atoms with E-state index < -0.39 is 0 Å². The van der Waals surface area contributed by atoms with E-state index in [0.717, 1.165) is 43.5 Å². The number of anilines is 1. The maximum atomic E-state index is 12.7. The molecule has 1 aliphatic heterocycles. The second kappa shape index (κ2) is 8.21. The quantitative estimate of drug-likeness (QED) is 0.835. The van der Waals surface area contributed by atoms with E-state index in [0.29, 0.717) is 24.3 Å². The van der Waals surface area contributed by atoms with Crippen LogP contribution in [0.2, 0.25) is 0 Å². The number of aryl methyl sites for hydroxylation is 1. The van der Waals surface area contributed by atoms with Crippen LogP contribution in [0.15, 0.2) is 24.3 Å². The highest BCUT2D eigenvalue weighted by molar-refractivity contribution is 5.77. The van der Waals surface area contributed by atoms with Crippen molar-refractivity contribution in [3.8, 4) is 0 Å². The number of rotatable bonds is 5. The maximum absolute atomic E-state index is 12.7. The highest BCUT2D eigenvalue weighted by Crippen LogP contribution is 2.24. The van der Waals surface area contributed by atoms with Crippen LogP contribution in [0.1, 0.15) is 57.9 Å². The maximum Gasteiger partial charge on any atom is 0.223 e. The molecular formula is C19H30N2O. The van der Waals surface area contributed by atoms with E-state index in [-0.39, 0.29) is 0 Å². The van der Waals surface area contributed by atoms with E-state index in [1.165, 1.54) is 12.8 Å². The lowest BCUT2D eigenvalue weighted by Gasteiger charge is -2.31. The summed E-state index contributed by atoms with van der Waals surface area (Å²) in [5.74, 6) is 0.943. The second-order valence-electron chi connectivity index (χ2n) is 6.92. The highest BCUT2D eigenvalue weighted by Gasteiger charge is 2.25. The van der Waals surface area contributed by atoms with Gasteiger partial charge in [-0.2, -0.15) is 0 Å². The topological polar surface area (TPSA) is 46.3 Å². The number of carbonyl (C=O) groups is 1. The van der Waals surface area contributed by atoms with Crippen LogP contribution in [-0.4, -0.2) is 23.4 Å². The lowest BCUT2D eigenvalue weighted by molar-refractivity contribution is -0.133. The molecule has 0 aliphatic carbocycles. The predicted octanol–water partition coefficient (Wildman–Crippen LogP) is 4.02. The van der Waals surface area contributed by atoms with Crippen molar-refractivity contribution in [3.63, 3.8) is 0 Å². The third-order valence-electron chi connectivity index (χ3n) is 4.60. The molecule has 1 atom stereocenters. The Morgan fingerprint density at radius 1 is 1.27 bits per heavy atom. The molecule has 0 spiro atoms. The van der Waals surface area contributed by atoms with Crippen molar-refractivity contribution in [2.45, 2.75) is 64.8 Å². The summed E-state index contributed by atoms with van der Waals surface area (Å²) in [5, 5.41) is 0. The molecule has 1 fully saturated rings. The van der Waals surface area contributed by atoms with Gasteiger partial charge in [-0.25, -0.2) is 0 Å². The standard InChI is InChI=1S/C19H30N2O/c1-15(2)14-17-9-4-3-7-13-21(17)19(22)12-11-16-8-5-6-10-18(16)20/h5-6,8,10,15,17H,3-4,7,9,11-14,20H2,1-2H3. The predicted molar refractivity (Wildman–Crippen MR) is 92.6 cm³/mol. The van der Waals surface area contributed by atoms with Gasteiger partial charge in [-0.05, 0) is 43.2 Å². The number of carbonyl (C=O) groups excluding carboxylic acids is 1. The number of likely N-dealkylation sites (tertiary alicyclic amines) is 1. The molecule has 3 heteroatoms. The molecule has 1 saturated heterocycles. The SMILES string of the molecule is CC(C)CC1CCCCCN1C(=O)CCc1ccccc1N. The van der Waals surface area contributed by atoms with E-state index in [1.54, 1.807) is 0 Å². The Kier molecular flexibility index (Phi) is 6.29. The average molecular weight is 302 g/mol. The number of nitrogen functional groups attached to an aromatic ring is 1. The van der Waals surface area contributed by atoms with Crippen LogP contribution in [0.4, 0.5) is 5.69 Å². The molecule has 2 rings (SSSR count). The van der Waals surface area contributed by atoms with Gasteiger partial charge in [-0.3, -0.25) is 4.79 Å². The summed E-state index contributed by atoms with van der Waals surface area (Å²) in [7, 11) is 0. The number of hydrogen-bond acceptors (Lipinski definition) is 2. The van der Waals surface area contributed by atoms with Crippen molar-refractivity contribution in [1.82, 2.24) is 4.90 Å². The van der Waals surface area contributed by atoms with Gasteiger partial charge >= 0.3 is 0 Å². The Morgan fingerprint density at radius 2 is 2.05 bits per heavy atom. The van der Waals surface area contributed by atoms with Crippen LogP contribution in [0.5, 0.6) is 0 Å². The lowest BCUT2D eigenvalue weighted by atomic mass is 9.98. The van der Waals surface area contributed by atoms with Crippen LogP contribution >= 0.6 is 0 Å². The van der Waals surface area contributed by atoms with Crippen molar-refractivity contribution < 1.29 is 4.79 Å². The molecule has 1 aliphatic rings. The molecule has 1 aromatic carbocycles. The van der Waals surface area contributed by atoms with Crippen LogP contribution in [-0.2, 0) is 11.2 Å². The Morgan fingerprint density at radius 3 is 2.77 bits per heavy atom. The number of nitrogens with zero attached hydrogens (tertiary/aromatic N) is 1. The average Bonchev–Trinajstić information content (AvgIpc) is 2.71. The van der Waals surface area contributed by atoms with Gasteiger partial charge in [0.1, 0.15) is 0 Å². The van der Waals surface area contributed by atoms with Crippen molar-refractivity contribution in [3.05, 3.63) is 29.8 Å². The van der Waals surface area contributed by atoms with Gasteiger partial charge in [0.2, 0.25) is 5.91 Å². The number of amides is 1. The van der Waals surface area contributed by atoms with Crippen molar-refractivity contribution in [2.24, 2.45) is 5.92 Å². The molecule has 1 aromatic rings. The third-order valence-corrected chi connectivity index (χ3v) is 4.60. The summed E-state index contributed by atoms with van der Waals surface area (Å²) in [6, 6.07) is 8.30. The van der Waals surface area contributed by atoms with Crippen LogP contribution in [0.25, 0.3) is 0 Å². The van der Waals surface area contributed by atoms with Crippen LogP contribution in [0, 0.1) is 5.92 Å². The van der Waals surface area contributed by atoms with Gasteiger partial charge < -0.3 is 10.6 Å². The Hall–Kier alpha value is -1.51. The zero-order valence-corrected chi connectivity index (χ0v) is 14.1. The molecule has 0 saturated carbocycles. The summed E-state index contributed by atoms with van der Waals surface area (Å²) < 4.78 is 0. The van der Waals surface area contributed by atoms with Crippen molar-refractivity contribution in [1.29, 1.82) is 0 Å². The minimum absolute atomic E-state index is 0.302. The first-order valence-electron chi connectivity index (χ1n) is 8.70. The molecule has 122 valence electrons. The first-order chi connectivity index (χ1) is 10.6. The fourth-order valence-electron chi connectivity index (χ4n) is 3.44. The molecule has 0 bridgehead atoms. The highest BCUT2D eigenvalue weighted by atomic mass is 16.2. The number of nitrogens with two attached hydrogens (primary N) is 1. The van der Waals surface area contributed by atoms with E-state index in [4.69, 9.17) is 5.73 Å². The molecule has 0 radical (unpaired) electrons. The fraction of sp³-hybridized carbons (Fsp3) is 0.632. The number of hydrogen-bond donors (Lipinski definition) is 1. The van der Waals surface area contributed by atoms with Crippen LogP contribution in [0.3, 0.4) is 0 Å². The number of benzene rings is 1. The van der Waals surface area contributed by atoms with E-state index in [2.05, 4.69) is 18.7 Å². The minimum Gasteiger partial charge on any atom is -0.399 e. The van der Waals surface area contributed by atoms with Crippen molar-refractivity contribution >= 4 is 11.6 Å². The molecule has 2 N–H and O–H groups in total. The van der Waals surface area contributed by atoms with Crippen molar-refractivity contribution in [2.75, 3.05) is 12.3 Å². The molecule has 3 nitrogen and oxygen atoms in total. The summed E-state index contributed by atoms with van der Waals surface area (Å²) in [6.45, 7) is 5.43. The van der Waals surface area contributed by atoms with Gasteiger partial charge in [0.05, 0.1) is 0 Å². The zero-order valence-electron chi connectivity index (χ0n) is 14.1. The zero-order chi connectivity index (χ0) is 15.9. The molecule has 1 amide bonds. The van der Waals surface area contributed by atoms with E-state index in [9.17, 15) is 4.79 Å². The largest absolute Gasteiger partial charge is 0.399 e. The van der Waals surface area contributed by atoms with E-state index in [1.807, 2.05) is 24.3 Å². The fourth-order valence-corrected chi connectivity index (χ4v) is 3.44. The molecule has 0 aromatic heterocycles. The van der Waals surface area contributed by atoms with Gasteiger partial charge in [-0.15, -0.1) is 0 Å². The molecular weight excluding hydrogens is 272 g/mol. The second-order valence-corrected chi connectivity index (χ2v) is 6.92. The number of para-hydroxylation sites is 1. The molecule has 1 unspecified atom stereocenters. The van der Waals surface area contributed by atoms with Gasteiger partial charge in [0.15, 0.2) is 0 Å². The minimum atomic E-state index is 0.302. The lowest BCUT2D eigenvalue weighted by Crippen LogP contribution is -2.40. The third kappa shape index (κ3) is 4.75. The van der Waals surface area contributed by atoms with E-state index >= 15 is 0 Å². The Bertz CT molecular complexity index is 484. The summed E-state index contributed by atoms with van der Waals surface area (Å²) in [6.07, 6.45) is 7.26.